The normalized spacial score (nSPS) is 18.8. The number of aromatic nitrogens is 1. The van der Waals surface area contributed by atoms with Gasteiger partial charge in [-0.05, 0) is 37.4 Å². The highest BCUT2D eigenvalue weighted by atomic mass is 79.9. The molecule has 28 heavy (non-hydrogen) atoms. The third-order valence-corrected chi connectivity index (χ3v) is 5.44. The van der Waals surface area contributed by atoms with Gasteiger partial charge >= 0.3 is 0 Å². The summed E-state index contributed by atoms with van der Waals surface area (Å²) in [6.45, 7) is 3.97. The average Bonchev–Trinajstić information content (AvgIpc) is 2.68. The fourth-order valence-corrected chi connectivity index (χ4v) is 3.65. The summed E-state index contributed by atoms with van der Waals surface area (Å²) in [5, 5.41) is 5.49. The summed E-state index contributed by atoms with van der Waals surface area (Å²) in [6, 6.07) is 9.16. The first-order valence-corrected chi connectivity index (χ1v) is 9.82. The van der Waals surface area contributed by atoms with Gasteiger partial charge in [-0.2, -0.15) is 0 Å². The van der Waals surface area contributed by atoms with Gasteiger partial charge in [0, 0.05) is 48.0 Å². The number of likely N-dealkylation sites (N-methyl/N-ethyl adjacent to an activating group) is 1. The molecule has 1 aromatic carbocycles. The van der Waals surface area contributed by atoms with Gasteiger partial charge in [-0.3, -0.25) is 14.9 Å². The monoisotopic (exact) mass is 441 g/mol. The first kappa shape index (κ1) is 18.6. The minimum Gasteiger partial charge on any atom is -0.360 e. The number of nitrogens with one attached hydrogen (secondary N) is 2. The Labute approximate surface area is 171 Å². The lowest BCUT2D eigenvalue weighted by Crippen LogP contribution is -2.44. The van der Waals surface area contributed by atoms with Crippen LogP contribution in [0.2, 0.25) is 0 Å². The molecule has 2 N–H and O–H groups in total. The van der Waals surface area contributed by atoms with E-state index in [-0.39, 0.29) is 5.91 Å². The van der Waals surface area contributed by atoms with E-state index in [1.807, 2.05) is 12.1 Å². The second-order valence-electron chi connectivity index (χ2n) is 6.87. The van der Waals surface area contributed by atoms with E-state index < -0.39 is 5.91 Å². The van der Waals surface area contributed by atoms with Crippen LogP contribution in [0.15, 0.2) is 47.2 Å². The fourth-order valence-electron chi connectivity index (χ4n) is 3.29. The number of fused-ring (bicyclic) bond motifs is 1. The van der Waals surface area contributed by atoms with Gasteiger partial charge in [0.15, 0.2) is 0 Å². The van der Waals surface area contributed by atoms with Crippen molar-refractivity contribution >= 4 is 44.8 Å². The van der Waals surface area contributed by atoms with Gasteiger partial charge in [0.25, 0.3) is 11.8 Å². The number of imide groups is 1. The molecule has 2 aliphatic rings. The van der Waals surface area contributed by atoms with Gasteiger partial charge in [0.05, 0.1) is 17.5 Å². The number of amides is 2. The second kappa shape index (κ2) is 7.73. The Bertz CT molecular complexity index is 950. The van der Waals surface area contributed by atoms with Crippen LogP contribution >= 0.6 is 15.9 Å². The van der Waals surface area contributed by atoms with Crippen LogP contribution in [0.1, 0.15) is 15.9 Å². The molecule has 1 saturated heterocycles. The molecule has 0 spiro atoms. The minimum absolute atomic E-state index is 0.386. The van der Waals surface area contributed by atoms with E-state index in [1.54, 1.807) is 30.6 Å². The van der Waals surface area contributed by atoms with E-state index in [9.17, 15) is 9.59 Å². The number of piperazine rings is 1. The Morgan fingerprint density at radius 2 is 1.86 bits per heavy atom. The molecule has 0 aliphatic carbocycles. The number of rotatable bonds is 3. The molecule has 1 fully saturated rings. The third kappa shape index (κ3) is 3.79. The Kier molecular flexibility index (Phi) is 5.15. The number of pyridine rings is 1. The topological polar surface area (TPSA) is 77.6 Å². The highest BCUT2D eigenvalue weighted by Gasteiger charge is 2.27. The van der Waals surface area contributed by atoms with Crippen LogP contribution in [0, 0.1) is 0 Å². The van der Waals surface area contributed by atoms with Crippen molar-refractivity contribution in [1.82, 2.24) is 15.2 Å². The van der Waals surface area contributed by atoms with E-state index >= 15 is 0 Å². The van der Waals surface area contributed by atoms with Crippen molar-refractivity contribution in [2.75, 3.05) is 43.4 Å². The molecule has 0 bridgehead atoms. The molecular weight excluding hydrogens is 422 g/mol. The largest absolute Gasteiger partial charge is 0.360 e. The number of carbonyl (C=O) groups is 2. The fraction of sp³-hybridized carbons (Fsp3) is 0.250. The molecule has 8 heteroatoms. The number of anilines is 2. The van der Waals surface area contributed by atoms with E-state index in [0.717, 1.165) is 42.2 Å². The number of nitrogens with zero attached hydrogens (tertiary/aromatic N) is 3. The molecule has 7 nitrogen and oxygen atoms in total. The zero-order valence-electron chi connectivity index (χ0n) is 15.4. The van der Waals surface area contributed by atoms with E-state index in [2.05, 4.69) is 48.4 Å². The average molecular weight is 442 g/mol. The number of carbonyl (C=O) groups excluding carboxylic acids is 2. The lowest BCUT2D eigenvalue weighted by molar-refractivity contribution is -0.114. The summed E-state index contributed by atoms with van der Waals surface area (Å²) in [7, 11) is 2.12. The molecule has 0 atom stereocenters. The van der Waals surface area contributed by atoms with Crippen molar-refractivity contribution in [2.24, 2.45) is 0 Å². The predicted molar refractivity (Wildman–Crippen MR) is 112 cm³/mol. The van der Waals surface area contributed by atoms with Crippen molar-refractivity contribution < 1.29 is 9.59 Å². The summed E-state index contributed by atoms with van der Waals surface area (Å²) < 4.78 is 0.804. The number of hydrogen-bond acceptors (Lipinski definition) is 6. The third-order valence-electron chi connectivity index (χ3n) is 4.95. The standard InChI is InChI=1S/C20H20BrN5O2/c1-25-6-8-26(9-7-25)18-5-3-14(11-23-18)22-12-17-16-10-13(21)2-4-15(16)19(27)24-20(17)28/h2-5,10-12,22H,6-9H2,1H3,(H,24,27,28). The number of hydrogen-bond donors (Lipinski definition) is 2. The SMILES string of the molecule is CN1CCN(c2ccc(NC=C3C(=O)NC(=O)c4ccc(Br)cc43)cn2)CC1. The predicted octanol–water partition coefficient (Wildman–Crippen LogP) is 2.32. The second-order valence-corrected chi connectivity index (χ2v) is 7.79. The molecule has 144 valence electrons. The Morgan fingerprint density at radius 1 is 1.07 bits per heavy atom. The Balaban J connectivity index is 1.53. The molecule has 0 radical (unpaired) electrons. The summed E-state index contributed by atoms with van der Waals surface area (Å²) in [4.78, 5) is 33.4. The zero-order chi connectivity index (χ0) is 19.7. The molecule has 1 aromatic heterocycles. The van der Waals surface area contributed by atoms with Crippen LogP contribution in [-0.2, 0) is 4.79 Å². The van der Waals surface area contributed by atoms with Crippen molar-refractivity contribution in [2.45, 2.75) is 0 Å². The van der Waals surface area contributed by atoms with Gasteiger partial charge in [0.2, 0.25) is 0 Å². The molecule has 0 unspecified atom stereocenters. The zero-order valence-corrected chi connectivity index (χ0v) is 17.0. The lowest BCUT2D eigenvalue weighted by atomic mass is 9.95. The summed E-state index contributed by atoms with van der Waals surface area (Å²) in [5.74, 6) is 0.134. The van der Waals surface area contributed by atoms with E-state index in [1.165, 1.54) is 0 Å². The van der Waals surface area contributed by atoms with Crippen LogP contribution in [0.25, 0.3) is 5.57 Å². The van der Waals surface area contributed by atoms with Crippen LogP contribution in [0.5, 0.6) is 0 Å². The van der Waals surface area contributed by atoms with Crippen LogP contribution in [0.4, 0.5) is 11.5 Å². The lowest BCUT2D eigenvalue weighted by Gasteiger charge is -2.33. The molecule has 3 heterocycles. The molecule has 2 aliphatic heterocycles. The summed E-state index contributed by atoms with van der Waals surface area (Å²) in [5.41, 5.74) is 2.24. The summed E-state index contributed by atoms with van der Waals surface area (Å²) in [6.07, 6.45) is 3.36. The maximum atomic E-state index is 12.3. The quantitative estimate of drug-likeness (QED) is 0.562. The van der Waals surface area contributed by atoms with Crippen LogP contribution in [0.3, 0.4) is 0 Å². The molecule has 2 amide bonds. The van der Waals surface area contributed by atoms with Crippen molar-refractivity contribution in [1.29, 1.82) is 0 Å². The smallest absolute Gasteiger partial charge is 0.260 e. The van der Waals surface area contributed by atoms with E-state index in [4.69, 9.17) is 0 Å². The van der Waals surface area contributed by atoms with Crippen LogP contribution in [-0.4, -0.2) is 54.9 Å². The van der Waals surface area contributed by atoms with Crippen molar-refractivity contribution in [3.8, 4) is 0 Å². The minimum atomic E-state index is -0.426. The number of halogens is 1. The number of benzene rings is 1. The molecule has 2 aromatic rings. The van der Waals surface area contributed by atoms with Gasteiger partial charge < -0.3 is 15.1 Å². The van der Waals surface area contributed by atoms with Gasteiger partial charge in [-0.15, -0.1) is 0 Å². The van der Waals surface area contributed by atoms with Crippen molar-refractivity contribution in [3.05, 3.63) is 58.3 Å². The first-order valence-electron chi connectivity index (χ1n) is 9.03. The Hall–Kier alpha value is -2.71. The van der Waals surface area contributed by atoms with Gasteiger partial charge in [-0.25, -0.2) is 4.98 Å². The van der Waals surface area contributed by atoms with Gasteiger partial charge in [0.1, 0.15) is 5.82 Å². The molecule has 0 saturated carbocycles. The molecular formula is C20H20BrN5O2. The molecule has 4 rings (SSSR count). The maximum Gasteiger partial charge on any atom is 0.260 e. The van der Waals surface area contributed by atoms with Crippen molar-refractivity contribution in [3.63, 3.8) is 0 Å². The summed E-state index contributed by atoms with van der Waals surface area (Å²) >= 11 is 3.39. The first-order chi connectivity index (χ1) is 13.5. The van der Waals surface area contributed by atoms with Gasteiger partial charge in [-0.1, -0.05) is 15.9 Å². The highest BCUT2D eigenvalue weighted by molar-refractivity contribution is 9.10. The Morgan fingerprint density at radius 3 is 2.57 bits per heavy atom. The maximum absolute atomic E-state index is 12.3. The van der Waals surface area contributed by atoms with Crippen LogP contribution < -0.4 is 15.5 Å². The van der Waals surface area contributed by atoms with E-state index in [0.29, 0.717) is 16.7 Å². The highest BCUT2D eigenvalue weighted by Crippen LogP contribution is 2.27.